The molecule has 1 aromatic heterocycles. The first-order chi connectivity index (χ1) is 13.8. The monoisotopic (exact) mass is 375 g/mol. The van der Waals surface area contributed by atoms with Crippen LogP contribution in [0.5, 0.6) is 0 Å². The Morgan fingerprint density at radius 2 is 1.93 bits per heavy atom. The normalized spacial score (nSPS) is 21.8. The number of amides is 1. The lowest BCUT2D eigenvalue weighted by Crippen LogP contribution is -2.45. The van der Waals surface area contributed by atoms with Gasteiger partial charge in [0.1, 0.15) is 0 Å². The molecule has 1 amide bonds. The van der Waals surface area contributed by atoms with Crippen molar-refractivity contribution < 1.29 is 9.53 Å². The summed E-state index contributed by atoms with van der Waals surface area (Å²) in [6.07, 6.45) is 1.73. The molecule has 0 aliphatic carbocycles. The van der Waals surface area contributed by atoms with Crippen molar-refractivity contribution in [2.75, 3.05) is 13.1 Å². The van der Waals surface area contributed by atoms with Crippen molar-refractivity contribution in [3.8, 4) is 0 Å². The van der Waals surface area contributed by atoms with E-state index in [9.17, 15) is 4.79 Å². The quantitative estimate of drug-likeness (QED) is 0.737. The molecule has 144 valence electrons. The van der Waals surface area contributed by atoms with Crippen molar-refractivity contribution in [3.63, 3.8) is 0 Å². The van der Waals surface area contributed by atoms with Crippen LogP contribution < -0.4 is 5.32 Å². The molecule has 2 atom stereocenters. The molecule has 2 aliphatic heterocycles. The highest BCUT2D eigenvalue weighted by Crippen LogP contribution is 2.28. The molecule has 0 bridgehead atoms. The van der Waals surface area contributed by atoms with Crippen LogP contribution in [-0.2, 0) is 29.1 Å². The average molecular weight is 375 g/mol. The van der Waals surface area contributed by atoms with Crippen LogP contribution in [0.25, 0.3) is 10.9 Å². The molecule has 3 heterocycles. The van der Waals surface area contributed by atoms with Gasteiger partial charge in [0, 0.05) is 29.7 Å². The van der Waals surface area contributed by atoms with Gasteiger partial charge in [-0.25, -0.2) is 0 Å². The molecular formula is C23H25N3O2. The van der Waals surface area contributed by atoms with Crippen molar-refractivity contribution in [1.29, 1.82) is 0 Å². The highest BCUT2D eigenvalue weighted by Gasteiger charge is 2.34. The third-order valence-electron chi connectivity index (χ3n) is 5.91. The van der Waals surface area contributed by atoms with Crippen molar-refractivity contribution >= 4 is 16.8 Å². The number of ether oxygens (including phenoxy) is 1. The van der Waals surface area contributed by atoms with Gasteiger partial charge >= 0.3 is 0 Å². The number of carbonyl (C=O) groups is 1. The van der Waals surface area contributed by atoms with E-state index in [1.165, 1.54) is 22.2 Å². The van der Waals surface area contributed by atoms with E-state index in [1.54, 1.807) is 0 Å². The van der Waals surface area contributed by atoms with Gasteiger partial charge in [0.25, 0.3) is 0 Å². The number of nitrogens with zero attached hydrogens (tertiary/aromatic N) is 1. The van der Waals surface area contributed by atoms with E-state index in [0.29, 0.717) is 13.2 Å². The zero-order chi connectivity index (χ0) is 18.9. The van der Waals surface area contributed by atoms with Crippen LogP contribution >= 0.6 is 0 Å². The molecular weight excluding hydrogens is 350 g/mol. The lowest BCUT2D eigenvalue weighted by Gasteiger charge is -2.29. The lowest BCUT2D eigenvalue weighted by molar-refractivity contribution is -0.134. The van der Waals surface area contributed by atoms with Gasteiger partial charge < -0.3 is 19.9 Å². The minimum atomic E-state index is -0.147. The number of aromatic amines is 1. The first-order valence-corrected chi connectivity index (χ1v) is 10.0. The molecule has 28 heavy (non-hydrogen) atoms. The molecule has 0 saturated carbocycles. The highest BCUT2D eigenvalue weighted by molar-refractivity contribution is 5.86. The van der Waals surface area contributed by atoms with Crippen molar-refractivity contribution in [2.45, 2.75) is 38.1 Å². The zero-order valence-electron chi connectivity index (χ0n) is 15.9. The van der Waals surface area contributed by atoms with E-state index in [4.69, 9.17) is 4.74 Å². The second-order valence-electron chi connectivity index (χ2n) is 7.75. The summed E-state index contributed by atoms with van der Waals surface area (Å²) in [4.78, 5) is 18.5. The van der Waals surface area contributed by atoms with Gasteiger partial charge in [-0.1, -0.05) is 48.5 Å². The molecule has 1 fully saturated rings. The molecule has 2 aliphatic rings. The lowest BCUT2D eigenvalue weighted by atomic mass is 10.0. The number of rotatable bonds is 4. The Labute approximate surface area is 164 Å². The van der Waals surface area contributed by atoms with Crippen LogP contribution in [0.1, 0.15) is 23.2 Å². The molecule has 5 rings (SSSR count). The Morgan fingerprint density at radius 1 is 1.11 bits per heavy atom. The van der Waals surface area contributed by atoms with Gasteiger partial charge in [-0.3, -0.25) is 4.79 Å². The van der Waals surface area contributed by atoms with Crippen molar-refractivity contribution in [2.24, 2.45) is 0 Å². The summed E-state index contributed by atoms with van der Waals surface area (Å²) in [5.41, 5.74) is 4.87. The molecule has 5 heteroatoms. The summed E-state index contributed by atoms with van der Waals surface area (Å²) in [7, 11) is 0. The summed E-state index contributed by atoms with van der Waals surface area (Å²) in [5.74, 6) is 0.190. The number of para-hydroxylation sites is 1. The number of benzene rings is 2. The Kier molecular flexibility index (Phi) is 4.63. The SMILES string of the molecule is O=C([C@@H]1CC(OCc2ccccc2)CN1)N1CCc2c([nH]c3ccccc23)C1. The predicted molar refractivity (Wildman–Crippen MR) is 109 cm³/mol. The number of H-pyrrole nitrogens is 1. The fourth-order valence-electron chi connectivity index (χ4n) is 4.41. The van der Waals surface area contributed by atoms with E-state index in [-0.39, 0.29) is 18.1 Å². The fourth-order valence-corrected chi connectivity index (χ4v) is 4.41. The third-order valence-corrected chi connectivity index (χ3v) is 5.91. The molecule has 0 radical (unpaired) electrons. The number of aromatic nitrogens is 1. The summed E-state index contributed by atoms with van der Waals surface area (Å²) in [5, 5.41) is 4.65. The number of fused-ring (bicyclic) bond motifs is 3. The molecule has 2 aromatic carbocycles. The Hall–Kier alpha value is -2.63. The number of hydrogen-bond acceptors (Lipinski definition) is 3. The predicted octanol–water partition coefficient (Wildman–Crippen LogP) is 3.00. The maximum Gasteiger partial charge on any atom is 0.240 e. The molecule has 1 saturated heterocycles. The number of carbonyl (C=O) groups excluding carboxylic acids is 1. The summed E-state index contributed by atoms with van der Waals surface area (Å²) < 4.78 is 6.01. The van der Waals surface area contributed by atoms with Crippen LogP contribution in [0.3, 0.4) is 0 Å². The Morgan fingerprint density at radius 3 is 2.82 bits per heavy atom. The van der Waals surface area contributed by atoms with E-state index in [0.717, 1.165) is 31.4 Å². The van der Waals surface area contributed by atoms with E-state index in [1.807, 2.05) is 29.2 Å². The standard InChI is InChI=1S/C23H25N3O2/c27-23(21-12-17(13-24-21)28-15-16-6-2-1-3-7-16)26-11-10-19-18-8-4-5-9-20(18)25-22(19)14-26/h1-9,17,21,24-25H,10-15H2/t17?,21-/m0/s1. The maximum absolute atomic E-state index is 13.0. The third kappa shape index (κ3) is 3.32. The van der Waals surface area contributed by atoms with Gasteiger partial charge in [0.2, 0.25) is 5.91 Å². The summed E-state index contributed by atoms with van der Waals surface area (Å²) >= 11 is 0. The first kappa shape index (κ1) is 17.5. The Bertz CT molecular complexity index is 982. The fraction of sp³-hybridized carbons (Fsp3) is 0.348. The zero-order valence-corrected chi connectivity index (χ0v) is 15.9. The molecule has 2 N–H and O–H groups in total. The average Bonchev–Trinajstić information content (AvgIpc) is 3.36. The van der Waals surface area contributed by atoms with Crippen molar-refractivity contribution in [1.82, 2.24) is 15.2 Å². The second kappa shape index (κ2) is 7.41. The minimum absolute atomic E-state index is 0.0857. The molecule has 5 nitrogen and oxygen atoms in total. The van der Waals surface area contributed by atoms with Crippen LogP contribution in [-0.4, -0.2) is 41.0 Å². The highest BCUT2D eigenvalue weighted by atomic mass is 16.5. The van der Waals surface area contributed by atoms with E-state index < -0.39 is 0 Å². The molecule has 1 unspecified atom stereocenters. The minimum Gasteiger partial charge on any atom is -0.372 e. The number of hydrogen-bond donors (Lipinski definition) is 2. The van der Waals surface area contributed by atoms with Gasteiger partial charge in [-0.05, 0) is 30.0 Å². The summed E-state index contributed by atoms with van der Waals surface area (Å²) in [6.45, 7) is 2.77. The molecule has 0 spiro atoms. The smallest absolute Gasteiger partial charge is 0.240 e. The van der Waals surface area contributed by atoms with Gasteiger partial charge in [-0.15, -0.1) is 0 Å². The van der Waals surface area contributed by atoms with Crippen LogP contribution in [0.4, 0.5) is 0 Å². The van der Waals surface area contributed by atoms with Crippen LogP contribution in [0.15, 0.2) is 54.6 Å². The second-order valence-corrected chi connectivity index (χ2v) is 7.75. The van der Waals surface area contributed by atoms with E-state index >= 15 is 0 Å². The topological polar surface area (TPSA) is 57.4 Å². The van der Waals surface area contributed by atoms with Crippen LogP contribution in [0.2, 0.25) is 0 Å². The number of nitrogens with one attached hydrogen (secondary N) is 2. The van der Waals surface area contributed by atoms with Crippen LogP contribution in [0, 0.1) is 0 Å². The first-order valence-electron chi connectivity index (χ1n) is 10.0. The maximum atomic E-state index is 13.0. The van der Waals surface area contributed by atoms with Gasteiger partial charge in [0.15, 0.2) is 0 Å². The van der Waals surface area contributed by atoms with Crippen molar-refractivity contribution in [3.05, 3.63) is 71.4 Å². The molecule has 3 aromatic rings. The van der Waals surface area contributed by atoms with E-state index in [2.05, 4.69) is 40.6 Å². The largest absolute Gasteiger partial charge is 0.372 e. The van der Waals surface area contributed by atoms with Gasteiger partial charge in [0.05, 0.1) is 25.3 Å². The Balaban J connectivity index is 1.20. The van der Waals surface area contributed by atoms with Gasteiger partial charge in [-0.2, -0.15) is 0 Å². The summed E-state index contributed by atoms with van der Waals surface area (Å²) in [6, 6.07) is 18.4.